The van der Waals surface area contributed by atoms with Crippen molar-refractivity contribution in [1.29, 1.82) is 0 Å². The Balaban J connectivity index is 2.84. The second kappa shape index (κ2) is 6.59. The van der Waals surface area contributed by atoms with Gasteiger partial charge in [0.05, 0.1) is 23.3 Å². The van der Waals surface area contributed by atoms with E-state index in [9.17, 15) is 9.90 Å². The molecular weight excluding hydrogens is 242 g/mol. The Kier molecular flexibility index (Phi) is 5.41. The number of aliphatic hydroxyl groups excluding tert-OH is 1. The summed E-state index contributed by atoms with van der Waals surface area (Å²) in [6.45, 7) is 0.621. The average molecular weight is 258 g/mol. The van der Waals surface area contributed by atoms with Crippen molar-refractivity contribution < 1.29 is 14.6 Å². The molecule has 5 heteroatoms. The number of benzene rings is 1. The molecule has 0 radical (unpaired) electrons. The molecule has 1 aromatic rings. The van der Waals surface area contributed by atoms with E-state index in [1.54, 1.807) is 30.1 Å². The number of carbonyl (C=O) groups is 1. The van der Waals surface area contributed by atoms with Gasteiger partial charge in [-0.2, -0.15) is 0 Å². The number of likely N-dealkylation sites (N-methyl/N-ethyl adjacent to an activating group) is 1. The number of ether oxygens (including phenoxy) is 1. The first-order valence-corrected chi connectivity index (χ1v) is 5.59. The minimum Gasteiger partial charge on any atom is -0.389 e. The summed E-state index contributed by atoms with van der Waals surface area (Å²) < 4.78 is 4.85. The van der Waals surface area contributed by atoms with Crippen LogP contribution in [0.25, 0.3) is 0 Å². The molecule has 0 bridgehead atoms. The average Bonchev–Trinajstić information content (AvgIpc) is 2.28. The summed E-state index contributed by atoms with van der Waals surface area (Å²) in [5.74, 6) is 0. The molecule has 0 saturated heterocycles. The van der Waals surface area contributed by atoms with Crippen LogP contribution in [0.4, 0.5) is 5.69 Å². The fourth-order valence-electron chi connectivity index (χ4n) is 1.63. The van der Waals surface area contributed by atoms with Crippen LogP contribution in [-0.2, 0) is 4.74 Å². The molecule has 0 heterocycles. The van der Waals surface area contributed by atoms with Crippen LogP contribution >= 0.6 is 11.6 Å². The number of carbonyl (C=O) groups excluding carboxylic acids is 1. The number of anilines is 1. The van der Waals surface area contributed by atoms with Crippen molar-refractivity contribution in [1.82, 2.24) is 0 Å². The number of rotatable bonds is 6. The fourth-order valence-corrected chi connectivity index (χ4v) is 1.85. The lowest BCUT2D eigenvalue weighted by Gasteiger charge is -2.24. The first-order valence-electron chi connectivity index (χ1n) is 5.22. The smallest absolute Gasteiger partial charge is 0.153 e. The van der Waals surface area contributed by atoms with E-state index in [0.717, 1.165) is 6.29 Å². The molecular formula is C12H16ClNO3. The van der Waals surface area contributed by atoms with E-state index in [1.165, 1.54) is 7.11 Å². The molecule has 94 valence electrons. The van der Waals surface area contributed by atoms with E-state index < -0.39 is 6.10 Å². The minimum absolute atomic E-state index is 0.251. The van der Waals surface area contributed by atoms with Gasteiger partial charge in [0.25, 0.3) is 0 Å². The Labute approximate surface area is 106 Å². The van der Waals surface area contributed by atoms with Crippen molar-refractivity contribution in [2.45, 2.75) is 6.10 Å². The highest BCUT2D eigenvalue weighted by molar-refractivity contribution is 6.33. The van der Waals surface area contributed by atoms with Gasteiger partial charge in [0.1, 0.15) is 0 Å². The molecule has 0 aromatic heterocycles. The predicted octanol–water partition coefficient (Wildman–Crippen LogP) is 1.60. The summed E-state index contributed by atoms with van der Waals surface area (Å²) in [6.07, 6.45) is 0.111. The maximum Gasteiger partial charge on any atom is 0.153 e. The van der Waals surface area contributed by atoms with Gasteiger partial charge in [-0.3, -0.25) is 4.79 Å². The topological polar surface area (TPSA) is 49.8 Å². The number of aliphatic hydroxyl groups is 1. The Morgan fingerprint density at radius 3 is 2.88 bits per heavy atom. The van der Waals surface area contributed by atoms with Crippen molar-refractivity contribution in [3.05, 3.63) is 28.8 Å². The highest BCUT2D eigenvalue weighted by Gasteiger charge is 2.13. The van der Waals surface area contributed by atoms with Gasteiger partial charge in [0.15, 0.2) is 6.29 Å². The molecule has 1 aromatic carbocycles. The van der Waals surface area contributed by atoms with Gasteiger partial charge in [-0.25, -0.2) is 0 Å². The number of hydrogen-bond acceptors (Lipinski definition) is 4. The van der Waals surface area contributed by atoms with E-state index in [4.69, 9.17) is 16.3 Å². The molecule has 0 amide bonds. The molecule has 0 aliphatic heterocycles. The van der Waals surface area contributed by atoms with Crippen LogP contribution in [-0.4, -0.2) is 44.8 Å². The van der Waals surface area contributed by atoms with Crippen molar-refractivity contribution in [2.75, 3.05) is 32.2 Å². The minimum atomic E-state index is -0.608. The molecule has 1 rings (SSSR count). The summed E-state index contributed by atoms with van der Waals surface area (Å²) >= 11 is 5.93. The van der Waals surface area contributed by atoms with E-state index >= 15 is 0 Å². The van der Waals surface area contributed by atoms with Crippen molar-refractivity contribution >= 4 is 23.6 Å². The van der Waals surface area contributed by atoms with Gasteiger partial charge in [0.2, 0.25) is 0 Å². The third kappa shape index (κ3) is 3.70. The van der Waals surface area contributed by atoms with Crippen LogP contribution in [0.3, 0.4) is 0 Å². The van der Waals surface area contributed by atoms with Gasteiger partial charge in [0, 0.05) is 26.4 Å². The third-order valence-electron chi connectivity index (χ3n) is 2.40. The Hall–Kier alpha value is -1.10. The highest BCUT2D eigenvalue weighted by atomic mass is 35.5. The highest BCUT2D eigenvalue weighted by Crippen LogP contribution is 2.25. The Bertz CT molecular complexity index is 384. The van der Waals surface area contributed by atoms with E-state index in [2.05, 4.69) is 0 Å². The number of methoxy groups -OCH3 is 1. The van der Waals surface area contributed by atoms with Crippen LogP contribution in [0.1, 0.15) is 10.4 Å². The number of aldehydes is 1. The van der Waals surface area contributed by atoms with Crippen molar-refractivity contribution in [3.8, 4) is 0 Å². The maximum atomic E-state index is 11.0. The second-order valence-electron chi connectivity index (χ2n) is 3.78. The zero-order valence-electron chi connectivity index (χ0n) is 9.89. The molecule has 0 spiro atoms. The maximum absolute atomic E-state index is 11.0. The normalized spacial score (nSPS) is 12.2. The first kappa shape index (κ1) is 14.0. The summed E-state index contributed by atoms with van der Waals surface area (Å²) in [5.41, 5.74) is 1.13. The summed E-state index contributed by atoms with van der Waals surface area (Å²) in [4.78, 5) is 12.7. The van der Waals surface area contributed by atoms with E-state index in [-0.39, 0.29) is 6.61 Å². The lowest BCUT2D eigenvalue weighted by Crippen LogP contribution is -2.32. The molecule has 4 nitrogen and oxygen atoms in total. The zero-order valence-corrected chi connectivity index (χ0v) is 10.6. The van der Waals surface area contributed by atoms with Gasteiger partial charge >= 0.3 is 0 Å². The van der Waals surface area contributed by atoms with Gasteiger partial charge < -0.3 is 14.7 Å². The number of halogens is 1. The van der Waals surface area contributed by atoms with Crippen molar-refractivity contribution in [3.63, 3.8) is 0 Å². The van der Waals surface area contributed by atoms with E-state index in [1.807, 2.05) is 0 Å². The summed E-state index contributed by atoms with van der Waals surface area (Å²) in [5, 5.41) is 10.0. The molecule has 0 aliphatic rings. The summed E-state index contributed by atoms with van der Waals surface area (Å²) in [7, 11) is 3.32. The van der Waals surface area contributed by atoms with Crippen molar-refractivity contribution in [2.24, 2.45) is 0 Å². The lowest BCUT2D eigenvalue weighted by atomic mass is 10.1. The zero-order chi connectivity index (χ0) is 12.8. The largest absolute Gasteiger partial charge is 0.389 e. The van der Waals surface area contributed by atoms with Crippen LogP contribution in [0.15, 0.2) is 18.2 Å². The number of nitrogens with zero attached hydrogens (tertiary/aromatic N) is 1. The van der Waals surface area contributed by atoms with Crippen LogP contribution in [0.2, 0.25) is 5.02 Å². The first-order chi connectivity index (χ1) is 8.10. The van der Waals surface area contributed by atoms with Crippen LogP contribution in [0, 0.1) is 0 Å². The fraction of sp³-hybridized carbons (Fsp3) is 0.417. The molecule has 0 fully saturated rings. The predicted molar refractivity (Wildman–Crippen MR) is 68.0 cm³/mol. The van der Waals surface area contributed by atoms with E-state index in [0.29, 0.717) is 22.8 Å². The Morgan fingerprint density at radius 1 is 1.59 bits per heavy atom. The monoisotopic (exact) mass is 257 g/mol. The van der Waals surface area contributed by atoms with Gasteiger partial charge in [-0.05, 0) is 12.1 Å². The molecule has 1 N–H and O–H groups in total. The third-order valence-corrected chi connectivity index (χ3v) is 2.73. The van der Waals surface area contributed by atoms with Crippen LogP contribution in [0.5, 0.6) is 0 Å². The lowest BCUT2D eigenvalue weighted by molar-refractivity contribution is 0.0695. The van der Waals surface area contributed by atoms with Gasteiger partial charge in [-0.15, -0.1) is 0 Å². The number of hydrogen-bond donors (Lipinski definition) is 1. The quantitative estimate of drug-likeness (QED) is 0.787. The standard InChI is InChI=1S/C12H16ClNO3/c1-14(6-9(16)8-17-2)12-5-3-4-11(13)10(12)7-15/h3-5,7,9,16H,6,8H2,1-2H3. The molecule has 1 unspecified atom stereocenters. The molecule has 0 saturated carbocycles. The SMILES string of the molecule is COCC(O)CN(C)c1cccc(Cl)c1C=O. The van der Waals surface area contributed by atoms with Gasteiger partial charge in [-0.1, -0.05) is 17.7 Å². The second-order valence-corrected chi connectivity index (χ2v) is 4.19. The molecule has 17 heavy (non-hydrogen) atoms. The summed E-state index contributed by atoms with van der Waals surface area (Å²) in [6, 6.07) is 5.22. The molecule has 1 atom stereocenters. The Morgan fingerprint density at radius 2 is 2.29 bits per heavy atom. The van der Waals surface area contributed by atoms with Crippen LogP contribution < -0.4 is 4.90 Å². The molecule has 0 aliphatic carbocycles.